The Bertz CT molecular complexity index is 364. The number of hydrogen-bond acceptors (Lipinski definition) is 1. The SMILES string of the molecule is Clc1sccc1-c1c[c]ccc1. The normalized spacial score (nSPS) is 10.1. The van der Waals surface area contributed by atoms with E-state index in [0.717, 1.165) is 15.5 Å². The van der Waals surface area contributed by atoms with Gasteiger partial charge in [-0.1, -0.05) is 29.8 Å². The Morgan fingerprint density at radius 1 is 1.33 bits per heavy atom. The molecule has 59 valence electrons. The summed E-state index contributed by atoms with van der Waals surface area (Å²) < 4.78 is 0.842. The van der Waals surface area contributed by atoms with Gasteiger partial charge in [0, 0.05) is 5.56 Å². The molecule has 0 aliphatic carbocycles. The lowest BCUT2D eigenvalue weighted by molar-refractivity contribution is 1.66. The first-order valence-electron chi connectivity index (χ1n) is 3.57. The van der Waals surface area contributed by atoms with E-state index in [1.165, 1.54) is 0 Å². The monoisotopic (exact) mass is 193 g/mol. The Balaban J connectivity index is 2.51. The largest absolute Gasteiger partial charge is 0.131 e. The molecule has 0 aliphatic rings. The van der Waals surface area contributed by atoms with Crippen molar-refractivity contribution in [2.45, 2.75) is 0 Å². The van der Waals surface area contributed by atoms with Crippen LogP contribution in [0, 0.1) is 6.07 Å². The van der Waals surface area contributed by atoms with Gasteiger partial charge < -0.3 is 0 Å². The van der Waals surface area contributed by atoms with Gasteiger partial charge in [0.15, 0.2) is 0 Å². The zero-order chi connectivity index (χ0) is 8.39. The fraction of sp³-hybridized carbons (Fsp3) is 0. The van der Waals surface area contributed by atoms with E-state index in [0.29, 0.717) is 0 Å². The molecule has 1 radical (unpaired) electrons. The molecule has 0 saturated carbocycles. The van der Waals surface area contributed by atoms with Gasteiger partial charge in [0.25, 0.3) is 0 Å². The molecule has 0 nitrogen and oxygen atoms in total. The summed E-state index contributed by atoms with van der Waals surface area (Å²) in [5, 5.41) is 1.99. The first-order chi connectivity index (χ1) is 5.88. The molecule has 0 fully saturated rings. The minimum atomic E-state index is 0.842. The van der Waals surface area contributed by atoms with Crippen molar-refractivity contribution in [1.82, 2.24) is 0 Å². The molecule has 2 rings (SSSR count). The van der Waals surface area contributed by atoms with E-state index in [-0.39, 0.29) is 0 Å². The summed E-state index contributed by atoms with van der Waals surface area (Å²) in [7, 11) is 0. The lowest BCUT2D eigenvalue weighted by Crippen LogP contribution is -1.71. The van der Waals surface area contributed by atoms with E-state index in [4.69, 9.17) is 11.6 Å². The van der Waals surface area contributed by atoms with Gasteiger partial charge in [-0.15, -0.1) is 11.3 Å². The molecular weight excluding hydrogens is 188 g/mol. The summed E-state index contributed by atoms with van der Waals surface area (Å²) in [5.41, 5.74) is 2.22. The van der Waals surface area contributed by atoms with Gasteiger partial charge in [-0.05, 0) is 29.1 Å². The lowest BCUT2D eigenvalue weighted by atomic mass is 10.1. The molecule has 0 atom stereocenters. The zero-order valence-electron chi connectivity index (χ0n) is 6.25. The fourth-order valence-electron chi connectivity index (χ4n) is 1.06. The van der Waals surface area contributed by atoms with Gasteiger partial charge >= 0.3 is 0 Å². The third-order valence-corrected chi connectivity index (χ3v) is 2.81. The molecule has 2 aromatic rings. The third-order valence-electron chi connectivity index (χ3n) is 1.64. The maximum Gasteiger partial charge on any atom is 0.101 e. The minimum Gasteiger partial charge on any atom is -0.131 e. The van der Waals surface area contributed by atoms with Crippen LogP contribution in [-0.4, -0.2) is 0 Å². The Kier molecular flexibility index (Phi) is 2.15. The molecule has 0 N–H and O–H groups in total. The number of rotatable bonds is 1. The second-order valence-corrected chi connectivity index (χ2v) is 3.92. The van der Waals surface area contributed by atoms with Crippen molar-refractivity contribution in [3.8, 4) is 11.1 Å². The van der Waals surface area contributed by atoms with E-state index in [1.807, 2.05) is 35.7 Å². The standard InChI is InChI=1S/C10H6ClS/c11-10-9(6-7-12-10)8-4-2-1-3-5-8/h1-2,4-7H. The number of halogens is 1. The molecule has 0 spiro atoms. The number of benzene rings is 1. The van der Waals surface area contributed by atoms with Crippen LogP contribution >= 0.6 is 22.9 Å². The van der Waals surface area contributed by atoms with E-state index in [1.54, 1.807) is 11.3 Å². The predicted octanol–water partition coefficient (Wildman–Crippen LogP) is 3.87. The van der Waals surface area contributed by atoms with Crippen LogP contribution < -0.4 is 0 Å². The quantitative estimate of drug-likeness (QED) is 0.645. The van der Waals surface area contributed by atoms with Crippen LogP contribution in [0.3, 0.4) is 0 Å². The highest BCUT2D eigenvalue weighted by Crippen LogP contribution is 2.31. The maximum atomic E-state index is 5.98. The van der Waals surface area contributed by atoms with E-state index in [2.05, 4.69) is 6.07 Å². The van der Waals surface area contributed by atoms with Crippen molar-refractivity contribution in [2.24, 2.45) is 0 Å². The molecule has 2 heteroatoms. The van der Waals surface area contributed by atoms with Gasteiger partial charge in [-0.2, -0.15) is 0 Å². The highest BCUT2D eigenvalue weighted by Gasteiger charge is 2.02. The maximum absolute atomic E-state index is 5.98. The summed E-state index contributed by atoms with van der Waals surface area (Å²) in [4.78, 5) is 0. The van der Waals surface area contributed by atoms with Crippen LogP contribution in [0.5, 0.6) is 0 Å². The van der Waals surface area contributed by atoms with Crippen LogP contribution in [0.15, 0.2) is 35.7 Å². The highest BCUT2D eigenvalue weighted by atomic mass is 35.5. The predicted molar refractivity (Wildman–Crippen MR) is 53.6 cm³/mol. The molecule has 1 heterocycles. The third kappa shape index (κ3) is 1.38. The Morgan fingerprint density at radius 3 is 2.83 bits per heavy atom. The first kappa shape index (κ1) is 7.84. The van der Waals surface area contributed by atoms with Crippen molar-refractivity contribution in [3.63, 3.8) is 0 Å². The van der Waals surface area contributed by atoms with Crippen LogP contribution in [-0.2, 0) is 0 Å². The van der Waals surface area contributed by atoms with Crippen LogP contribution in [0.1, 0.15) is 0 Å². The molecule has 12 heavy (non-hydrogen) atoms. The molecule has 0 saturated heterocycles. The zero-order valence-corrected chi connectivity index (χ0v) is 7.82. The van der Waals surface area contributed by atoms with E-state index < -0.39 is 0 Å². The lowest BCUT2D eigenvalue weighted by Gasteiger charge is -1.96. The summed E-state index contributed by atoms with van der Waals surface area (Å²) in [5.74, 6) is 0. The minimum absolute atomic E-state index is 0.842. The van der Waals surface area contributed by atoms with Crippen molar-refractivity contribution in [2.75, 3.05) is 0 Å². The fourth-order valence-corrected chi connectivity index (χ4v) is 2.02. The smallest absolute Gasteiger partial charge is 0.101 e. The van der Waals surface area contributed by atoms with Crippen molar-refractivity contribution >= 4 is 22.9 Å². The summed E-state index contributed by atoms with van der Waals surface area (Å²) in [6.07, 6.45) is 0. The first-order valence-corrected chi connectivity index (χ1v) is 4.83. The van der Waals surface area contributed by atoms with Gasteiger partial charge in [0.2, 0.25) is 0 Å². The summed E-state index contributed by atoms with van der Waals surface area (Å²) >= 11 is 7.53. The Hall–Kier alpha value is -0.790. The second kappa shape index (κ2) is 3.30. The van der Waals surface area contributed by atoms with Gasteiger partial charge in [0.05, 0.1) is 0 Å². The summed E-state index contributed by atoms with van der Waals surface area (Å²) in [6, 6.07) is 12.9. The van der Waals surface area contributed by atoms with Crippen LogP contribution in [0.4, 0.5) is 0 Å². The molecule has 1 aromatic heterocycles. The van der Waals surface area contributed by atoms with E-state index >= 15 is 0 Å². The van der Waals surface area contributed by atoms with Gasteiger partial charge in [0.1, 0.15) is 4.34 Å². The Labute approximate surface area is 80.4 Å². The van der Waals surface area contributed by atoms with Crippen molar-refractivity contribution < 1.29 is 0 Å². The van der Waals surface area contributed by atoms with E-state index in [9.17, 15) is 0 Å². The second-order valence-electron chi connectivity index (χ2n) is 2.40. The van der Waals surface area contributed by atoms with Crippen molar-refractivity contribution in [3.05, 3.63) is 46.1 Å². The number of thiophene rings is 1. The molecular formula is C10H6ClS. The Morgan fingerprint density at radius 2 is 2.25 bits per heavy atom. The molecule has 0 amide bonds. The summed E-state index contributed by atoms with van der Waals surface area (Å²) in [6.45, 7) is 0. The molecule has 1 aromatic carbocycles. The van der Waals surface area contributed by atoms with Crippen LogP contribution in [0.2, 0.25) is 4.34 Å². The topological polar surface area (TPSA) is 0 Å². The number of hydrogen-bond donors (Lipinski definition) is 0. The molecule has 0 bridgehead atoms. The highest BCUT2D eigenvalue weighted by molar-refractivity contribution is 7.15. The average Bonchev–Trinajstić information content (AvgIpc) is 2.53. The van der Waals surface area contributed by atoms with Gasteiger partial charge in [-0.25, -0.2) is 0 Å². The van der Waals surface area contributed by atoms with Crippen molar-refractivity contribution in [1.29, 1.82) is 0 Å². The van der Waals surface area contributed by atoms with Crippen LogP contribution in [0.25, 0.3) is 11.1 Å². The molecule has 0 aliphatic heterocycles. The average molecular weight is 194 g/mol. The van der Waals surface area contributed by atoms with Gasteiger partial charge in [-0.3, -0.25) is 0 Å². The molecule has 0 unspecified atom stereocenters.